The van der Waals surface area contributed by atoms with E-state index >= 15 is 0 Å². The number of benzene rings is 1. The highest BCUT2D eigenvalue weighted by Gasteiger charge is 2.19. The summed E-state index contributed by atoms with van der Waals surface area (Å²) < 4.78 is 6.15. The van der Waals surface area contributed by atoms with Crippen molar-refractivity contribution in [1.29, 1.82) is 0 Å². The maximum Gasteiger partial charge on any atom is 0.359 e. The van der Waals surface area contributed by atoms with Crippen LogP contribution in [0.2, 0.25) is 0 Å². The van der Waals surface area contributed by atoms with Crippen LogP contribution in [0.5, 0.6) is 0 Å². The molecule has 0 unspecified atom stereocenters. The van der Waals surface area contributed by atoms with Crippen LogP contribution in [0.25, 0.3) is 10.8 Å². The Labute approximate surface area is 121 Å². The SMILES string of the molecule is CC(=O)COC(=O)c1nn(C(C)C)c(=O)c2ccccc12. The lowest BCUT2D eigenvalue weighted by atomic mass is 10.1. The smallest absolute Gasteiger partial charge is 0.359 e. The summed E-state index contributed by atoms with van der Waals surface area (Å²) in [6.07, 6.45) is 0. The summed E-state index contributed by atoms with van der Waals surface area (Å²) in [7, 11) is 0. The van der Waals surface area contributed by atoms with Gasteiger partial charge >= 0.3 is 5.97 Å². The van der Waals surface area contributed by atoms with E-state index in [1.165, 1.54) is 11.6 Å². The molecule has 0 aliphatic carbocycles. The van der Waals surface area contributed by atoms with E-state index in [1.807, 2.05) is 0 Å². The zero-order chi connectivity index (χ0) is 15.6. The number of fused-ring (bicyclic) bond motifs is 1. The van der Waals surface area contributed by atoms with Gasteiger partial charge in [0.2, 0.25) is 0 Å². The van der Waals surface area contributed by atoms with E-state index in [4.69, 9.17) is 4.74 Å². The molecule has 110 valence electrons. The van der Waals surface area contributed by atoms with Gasteiger partial charge in [0.15, 0.2) is 11.5 Å². The molecule has 21 heavy (non-hydrogen) atoms. The first-order chi connectivity index (χ1) is 9.91. The number of ether oxygens (including phenoxy) is 1. The van der Waals surface area contributed by atoms with Gasteiger partial charge in [-0.25, -0.2) is 9.48 Å². The summed E-state index contributed by atoms with van der Waals surface area (Å²) in [4.78, 5) is 35.3. The molecule has 0 atom stereocenters. The van der Waals surface area contributed by atoms with Crippen LogP contribution < -0.4 is 5.56 Å². The molecule has 2 rings (SSSR count). The monoisotopic (exact) mass is 288 g/mol. The van der Waals surface area contributed by atoms with Crippen molar-refractivity contribution in [3.8, 4) is 0 Å². The van der Waals surface area contributed by atoms with Gasteiger partial charge in [-0.1, -0.05) is 18.2 Å². The van der Waals surface area contributed by atoms with Crippen LogP contribution in [0, 0.1) is 0 Å². The van der Waals surface area contributed by atoms with Gasteiger partial charge in [-0.15, -0.1) is 0 Å². The van der Waals surface area contributed by atoms with E-state index < -0.39 is 5.97 Å². The standard InChI is InChI=1S/C15H16N2O4/c1-9(2)17-14(19)12-7-5-4-6-11(12)13(16-17)15(20)21-8-10(3)18/h4-7,9H,8H2,1-3H3. The van der Waals surface area contributed by atoms with Crippen LogP contribution in [0.4, 0.5) is 0 Å². The molecule has 2 aromatic rings. The average Bonchev–Trinajstić information content (AvgIpc) is 2.45. The molecule has 1 aromatic carbocycles. The molecule has 0 spiro atoms. The largest absolute Gasteiger partial charge is 0.453 e. The molecular formula is C15H16N2O4. The minimum atomic E-state index is -0.712. The van der Waals surface area contributed by atoms with Crippen molar-refractivity contribution in [2.24, 2.45) is 0 Å². The third-order valence-electron chi connectivity index (χ3n) is 2.92. The van der Waals surface area contributed by atoms with E-state index in [1.54, 1.807) is 38.1 Å². The summed E-state index contributed by atoms with van der Waals surface area (Å²) in [5.41, 5.74) is -0.219. The fourth-order valence-electron chi connectivity index (χ4n) is 1.94. The Morgan fingerprint density at radius 1 is 1.24 bits per heavy atom. The Kier molecular flexibility index (Phi) is 4.16. The molecule has 0 aliphatic rings. The second-order valence-corrected chi connectivity index (χ2v) is 5.02. The van der Waals surface area contributed by atoms with Crippen molar-refractivity contribution in [3.05, 3.63) is 40.3 Å². The molecular weight excluding hydrogens is 272 g/mol. The van der Waals surface area contributed by atoms with Crippen molar-refractivity contribution in [1.82, 2.24) is 9.78 Å². The summed E-state index contributed by atoms with van der Waals surface area (Å²) in [6, 6.07) is 6.52. The molecule has 1 aromatic heterocycles. The zero-order valence-electron chi connectivity index (χ0n) is 12.1. The van der Waals surface area contributed by atoms with E-state index in [9.17, 15) is 14.4 Å². The molecule has 1 heterocycles. The molecule has 0 fully saturated rings. The van der Waals surface area contributed by atoms with Crippen molar-refractivity contribution in [2.45, 2.75) is 26.8 Å². The highest BCUT2D eigenvalue weighted by atomic mass is 16.5. The number of carbonyl (C=O) groups is 2. The Hall–Kier alpha value is -2.50. The molecule has 6 heteroatoms. The van der Waals surface area contributed by atoms with E-state index in [-0.39, 0.29) is 29.7 Å². The van der Waals surface area contributed by atoms with E-state index in [2.05, 4.69) is 5.10 Å². The number of esters is 1. The van der Waals surface area contributed by atoms with Crippen LogP contribution in [0.3, 0.4) is 0 Å². The molecule has 6 nitrogen and oxygen atoms in total. The quantitative estimate of drug-likeness (QED) is 0.800. The number of carbonyl (C=O) groups excluding carboxylic acids is 2. The summed E-state index contributed by atoms with van der Waals surface area (Å²) >= 11 is 0. The normalized spacial score (nSPS) is 10.9. The number of hydrogen-bond acceptors (Lipinski definition) is 5. The van der Waals surface area contributed by atoms with Crippen molar-refractivity contribution >= 4 is 22.5 Å². The number of Topliss-reactive ketones (excluding diaryl/α,β-unsaturated/α-hetero) is 1. The molecule has 0 saturated carbocycles. The van der Waals surface area contributed by atoms with Crippen molar-refractivity contribution in [3.63, 3.8) is 0 Å². The van der Waals surface area contributed by atoms with Crippen LogP contribution in [-0.4, -0.2) is 28.1 Å². The van der Waals surface area contributed by atoms with Crippen LogP contribution in [0.1, 0.15) is 37.3 Å². The topological polar surface area (TPSA) is 78.3 Å². The number of rotatable bonds is 4. The first-order valence-corrected chi connectivity index (χ1v) is 6.60. The van der Waals surface area contributed by atoms with Gasteiger partial charge in [-0.05, 0) is 26.8 Å². The van der Waals surface area contributed by atoms with Gasteiger partial charge in [-0.2, -0.15) is 5.10 Å². The first kappa shape index (κ1) is 14.9. The fraction of sp³-hybridized carbons (Fsp3) is 0.333. The number of aromatic nitrogens is 2. The number of nitrogens with zero attached hydrogens (tertiary/aromatic N) is 2. The van der Waals surface area contributed by atoms with E-state index in [0.29, 0.717) is 10.8 Å². The summed E-state index contributed by atoms with van der Waals surface area (Å²) in [5.74, 6) is -0.972. The minimum absolute atomic E-state index is 0.0418. The van der Waals surface area contributed by atoms with Crippen molar-refractivity contribution < 1.29 is 14.3 Å². The van der Waals surface area contributed by atoms with Gasteiger partial charge in [0.05, 0.1) is 11.4 Å². The highest BCUT2D eigenvalue weighted by Crippen LogP contribution is 2.15. The molecule has 0 N–H and O–H groups in total. The van der Waals surface area contributed by atoms with Gasteiger partial charge in [-0.3, -0.25) is 9.59 Å². The molecule has 0 radical (unpaired) electrons. The Morgan fingerprint density at radius 2 is 1.86 bits per heavy atom. The van der Waals surface area contributed by atoms with E-state index in [0.717, 1.165) is 0 Å². The van der Waals surface area contributed by atoms with Crippen LogP contribution in [0.15, 0.2) is 29.1 Å². The molecule has 0 amide bonds. The molecule has 0 saturated heterocycles. The summed E-state index contributed by atoms with van der Waals surface area (Å²) in [5, 5.41) is 4.92. The Balaban J connectivity index is 2.62. The van der Waals surface area contributed by atoms with Gasteiger partial charge < -0.3 is 4.74 Å². The fourth-order valence-corrected chi connectivity index (χ4v) is 1.94. The predicted molar refractivity (Wildman–Crippen MR) is 77.4 cm³/mol. The number of ketones is 1. The van der Waals surface area contributed by atoms with Gasteiger partial charge in [0.25, 0.3) is 5.56 Å². The second-order valence-electron chi connectivity index (χ2n) is 5.02. The lowest BCUT2D eigenvalue weighted by Crippen LogP contribution is -2.28. The maximum atomic E-state index is 12.3. The lowest BCUT2D eigenvalue weighted by Gasteiger charge is -2.12. The van der Waals surface area contributed by atoms with Crippen LogP contribution >= 0.6 is 0 Å². The molecule has 0 bridgehead atoms. The Morgan fingerprint density at radius 3 is 2.43 bits per heavy atom. The van der Waals surface area contributed by atoms with Crippen LogP contribution in [-0.2, 0) is 9.53 Å². The van der Waals surface area contributed by atoms with Gasteiger partial charge in [0.1, 0.15) is 6.61 Å². The number of hydrogen-bond donors (Lipinski definition) is 0. The third kappa shape index (κ3) is 2.99. The Bertz CT molecular complexity index is 762. The summed E-state index contributed by atoms with van der Waals surface area (Å²) in [6.45, 7) is 4.62. The predicted octanol–water partition coefficient (Wildman–Crippen LogP) is 1.72. The zero-order valence-corrected chi connectivity index (χ0v) is 12.1. The maximum absolute atomic E-state index is 12.3. The minimum Gasteiger partial charge on any atom is -0.453 e. The highest BCUT2D eigenvalue weighted by molar-refractivity contribution is 6.02. The second kappa shape index (κ2) is 5.87. The van der Waals surface area contributed by atoms with Crippen molar-refractivity contribution in [2.75, 3.05) is 6.61 Å². The van der Waals surface area contributed by atoms with Gasteiger partial charge in [0, 0.05) is 5.39 Å². The lowest BCUT2D eigenvalue weighted by molar-refractivity contribution is -0.120. The average molecular weight is 288 g/mol. The third-order valence-corrected chi connectivity index (χ3v) is 2.92. The first-order valence-electron chi connectivity index (χ1n) is 6.60. The molecule has 0 aliphatic heterocycles.